The first kappa shape index (κ1) is 13.3. The first-order chi connectivity index (χ1) is 9.65. The van der Waals surface area contributed by atoms with Gasteiger partial charge in [0, 0.05) is 6.54 Å². The third kappa shape index (κ3) is 2.75. The van der Waals surface area contributed by atoms with E-state index in [-0.39, 0.29) is 5.56 Å². The van der Waals surface area contributed by atoms with Gasteiger partial charge in [0.2, 0.25) is 0 Å². The molecule has 3 rings (SSSR count). The Morgan fingerprint density at radius 3 is 2.85 bits per heavy atom. The molecule has 1 aromatic heterocycles. The molecule has 1 N–H and O–H groups in total. The standard InChI is InChI=1S/C16H20N2O2/c1-11(19)6-9-14-16(20)18(10-12-7-8-12)15-5-3-2-4-13(15)17-14/h2-5,11-12,19H,6-10H2,1H3. The summed E-state index contributed by atoms with van der Waals surface area (Å²) < 4.78 is 1.87. The van der Waals surface area contributed by atoms with Crippen molar-refractivity contribution >= 4 is 11.0 Å². The van der Waals surface area contributed by atoms with Gasteiger partial charge in [-0.1, -0.05) is 12.1 Å². The van der Waals surface area contributed by atoms with Crippen LogP contribution < -0.4 is 5.56 Å². The predicted molar refractivity (Wildman–Crippen MR) is 78.7 cm³/mol. The van der Waals surface area contributed by atoms with Gasteiger partial charge in [-0.2, -0.15) is 0 Å². The number of aromatic nitrogens is 2. The molecular formula is C16H20N2O2. The summed E-state index contributed by atoms with van der Waals surface area (Å²) >= 11 is 0. The minimum atomic E-state index is -0.403. The molecule has 0 radical (unpaired) electrons. The molecule has 1 atom stereocenters. The van der Waals surface area contributed by atoms with E-state index in [9.17, 15) is 9.90 Å². The van der Waals surface area contributed by atoms with Crippen LogP contribution in [0.1, 0.15) is 31.9 Å². The summed E-state index contributed by atoms with van der Waals surface area (Å²) in [6, 6.07) is 7.80. The zero-order valence-electron chi connectivity index (χ0n) is 11.7. The largest absolute Gasteiger partial charge is 0.393 e. The fourth-order valence-corrected chi connectivity index (χ4v) is 2.49. The van der Waals surface area contributed by atoms with E-state index in [2.05, 4.69) is 4.98 Å². The molecule has 1 unspecified atom stereocenters. The molecule has 1 aromatic carbocycles. The second-order valence-electron chi connectivity index (χ2n) is 5.79. The Morgan fingerprint density at radius 1 is 1.40 bits per heavy atom. The van der Waals surface area contributed by atoms with Gasteiger partial charge in [-0.15, -0.1) is 0 Å². The number of aliphatic hydroxyl groups excluding tert-OH is 1. The van der Waals surface area contributed by atoms with E-state index in [0.29, 0.717) is 24.5 Å². The Bertz CT molecular complexity index is 672. The van der Waals surface area contributed by atoms with Gasteiger partial charge < -0.3 is 9.67 Å². The van der Waals surface area contributed by atoms with Gasteiger partial charge in [0.15, 0.2) is 0 Å². The first-order valence-electron chi connectivity index (χ1n) is 7.31. The maximum atomic E-state index is 12.6. The molecule has 4 heteroatoms. The average molecular weight is 272 g/mol. The first-order valence-corrected chi connectivity index (χ1v) is 7.31. The van der Waals surface area contributed by atoms with E-state index in [4.69, 9.17) is 0 Å². The summed E-state index contributed by atoms with van der Waals surface area (Å²) in [5.41, 5.74) is 2.38. The quantitative estimate of drug-likeness (QED) is 0.907. The molecule has 4 nitrogen and oxygen atoms in total. The molecule has 106 valence electrons. The normalized spacial score (nSPS) is 16.5. The molecule has 0 saturated heterocycles. The van der Waals surface area contributed by atoms with E-state index in [1.54, 1.807) is 6.92 Å². The monoisotopic (exact) mass is 272 g/mol. The van der Waals surface area contributed by atoms with Crippen LogP contribution in [0, 0.1) is 5.92 Å². The highest BCUT2D eigenvalue weighted by Gasteiger charge is 2.23. The smallest absolute Gasteiger partial charge is 0.272 e. The Morgan fingerprint density at radius 2 is 2.15 bits per heavy atom. The van der Waals surface area contributed by atoms with Crippen molar-refractivity contribution in [3.8, 4) is 0 Å². The fraction of sp³-hybridized carbons (Fsp3) is 0.500. The number of fused-ring (bicyclic) bond motifs is 1. The van der Waals surface area contributed by atoms with Gasteiger partial charge in [0.25, 0.3) is 5.56 Å². The molecule has 1 fully saturated rings. The fourth-order valence-electron chi connectivity index (χ4n) is 2.49. The van der Waals surface area contributed by atoms with E-state index < -0.39 is 6.10 Å². The van der Waals surface area contributed by atoms with Gasteiger partial charge in [0.05, 0.1) is 17.1 Å². The topological polar surface area (TPSA) is 55.1 Å². The van der Waals surface area contributed by atoms with E-state index in [1.807, 2.05) is 28.8 Å². The van der Waals surface area contributed by atoms with Crippen molar-refractivity contribution < 1.29 is 5.11 Å². The number of hydrogen-bond donors (Lipinski definition) is 1. The van der Waals surface area contributed by atoms with Crippen molar-refractivity contribution in [1.29, 1.82) is 0 Å². The van der Waals surface area contributed by atoms with Gasteiger partial charge in [0.1, 0.15) is 5.69 Å². The van der Waals surface area contributed by atoms with Crippen molar-refractivity contribution in [1.82, 2.24) is 9.55 Å². The summed E-state index contributed by atoms with van der Waals surface area (Å²) in [7, 11) is 0. The maximum Gasteiger partial charge on any atom is 0.272 e. The van der Waals surface area contributed by atoms with Crippen LogP contribution in [-0.4, -0.2) is 20.8 Å². The Balaban J connectivity index is 2.06. The summed E-state index contributed by atoms with van der Waals surface area (Å²) in [5.74, 6) is 0.642. The second kappa shape index (κ2) is 5.37. The van der Waals surface area contributed by atoms with Crippen LogP contribution in [0.25, 0.3) is 11.0 Å². The lowest BCUT2D eigenvalue weighted by Gasteiger charge is -2.12. The molecule has 1 heterocycles. The third-order valence-corrected chi connectivity index (χ3v) is 3.86. The van der Waals surface area contributed by atoms with Crippen molar-refractivity contribution in [2.24, 2.45) is 5.92 Å². The van der Waals surface area contributed by atoms with Crippen LogP contribution in [0.4, 0.5) is 0 Å². The van der Waals surface area contributed by atoms with Crippen LogP contribution in [0.5, 0.6) is 0 Å². The molecule has 0 aliphatic heterocycles. The highest BCUT2D eigenvalue weighted by atomic mass is 16.3. The Kier molecular flexibility index (Phi) is 3.57. The average Bonchev–Trinajstić information content (AvgIpc) is 3.24. The van der Waals surface area contributed by atoms with E-state index in [0.717, 1.165) is 17.6 Å². The second-order valence-corrected chi connectivity index (χ2v) is 5.79. The summed E-state index contributed by atoms with van der Waals surface area (Å²) in [5, 5.41) is 9.41. The number of hydrogen-bond acceptors (Lipinski definition) is 3. The van der Waals surface area contributed by atoms with Crippen molar-refractivity contribution in [3.05, 3.63) is 40.3 Å². The van der Waals surface area contributed by atoms with Gasteiger partial charge in [-0.05, 0) is 50.7 Å². The maximum absolute atomic E-state index is 12.6. The minimum absolute atomic E-state index is 0.0104. The Hall–Kier alpha value is -1.68. The molecule has 20 heavy (non-hydrogen) atoms. The Labute approximate surface area is 118 Å². The zero-order valence-corrected chi connectivity index (χ0v) is 11.7. The molecular weight excluding hydrogens is 252 g/mol. The lowest BCUT2D eigenvalue weighted by molar-refractivity contribution is 0.184. The lowest BCUT2D eigenvalue weighted by atomic mass is 10.1. The minimum Gasteiger partial charge on any atom is -0.393 e. The molecule has 1 aliphatic rings. The predicted octanol–water partition coefficient (Wildman–Crippen LogP) is 2.12. The number of nitrogens with zero attached hydrogens (tertiary/aromatic N) is 2. The van der Waals surface area contributed by atoms with Crippen LogP contribution in [-0.2, 0) is 13.0 Å². The van der Waals surface area contributed by atoms with E-state index >= 15 is 0 Å². The molecule has 1 aliphatic carbocycles. The molecule has 0 amide bonds. The highest BCUT2D eigenvalue weighted by Crippen LogP contribution is 2.31. The van der Waals surface area contributed by atoms with Crippen LogP contribution in [0.2, 0.25) is 0 Å². The van der Waals surface area contributed by atoms with Gasteiger partial charge >= 0.3 is 0 Å². The summed E-state index contributed by atoms with van der Waals surface area (Å²) in [6.07, 6.45) is 3.13. The number of para-hydroxylation sites is 2. The van der Waals surface area contributed by atoms with Crippen LogP contribution >= 0.6 is 0 Å². The molecule has 0 bridgehead atoms. The highest BCUT2D eigenvalue weighted by molar-refractivity contribution is 5.74. The van der Waals surface area contributed by atoms with Crippen LogP contribution in [0.3, 0.4) is 0 Å². The number of aliphatic hydroxyl groups is 1. The number of aryl methyl sites for hydroxylation is 1. The van der Waals surface area contributed by atoms with Crippen LogP contribution in [0.15, 0.2) is 29.1 Å². The van der Waals surface area contributed by atoms with Crippen molar-refractivity contribution in [3.63, 3.8) is 0 Å². The SMILES string of the molecule is CC(O)CCc1nc2ccccc2n(CC2CC2)c1=O. The third-order valence-electron chi connectivity index (χ3n) is 3.86. The van der Waals surface area contributed by atoms with E-state index in [1.165, 1.54) is 12.8 Å². The number of benzene rings is 1. The zero-order chi connectivity index (χ0) is 14.1. The number of rotatable bonds is 5. The summed E-state index contributed by atoms with van der Waals surface area (Å²) in [4.78, 5) is 17.1. The summed E-state index contributed by atoms with van der Waals surface area (Å²) in [6.45, 7) is 2.54. The van der Waals surface area contributed by atoms with Gasteiger partial charge in [-0.3, -0.25) is 4.79 Å². The lowest BCUT2D eigenvalue weighted by Crippen LogP contribution is -2.27. The van der Waals surface area contributed by atoms with Crippen molar-refractivity contribution in [2.45, 2.75) is 45.3 Å². The van der Waals surface area contributed by atoms with Crippen molar-refractivity contribution in [2.75, 3.05) is 0 Å². The molecule has 0 spiro atoms. The molecule has 1 saturated carbocycles. The van der Waals surface area contributed by atoms with Gasteiger partial charge in [-0.25, -0.2) is 4.98 Å². The molecule has 2 aromatic rings.